The van der Waals surface area contributed by atoms with E-state index in [0.717, 1.165) is 5.56 Å². The highest BCUT2D eigenvalue weighted by molar-refractivity contribution is 6.04. The van der Waals surface area contributed by atoms with Crippen LogP contribution in [0.1, 0.15) is 18.4 Å². The minimum absolute atomic E-state index is 0.0505. The minimum atomic E-state index is -0.697. The molecule has 20 heavy (non-hydrogen) atoms. The summed E-state index contributed by atoms with van der Waals surface area (Å²) in [5, 5.41) is 0. The number of nitrogens with zero attached hydrogens (tertiary/aromatic N) is 3. The van der Waals surface area contributed by atoms with E-state index in [4.69, 9.17) is 4.74 Å². The van der Waals surface area contributed by atoms with Crippen molar-refractivity contribution in [2.75, 3.05) is 25.1 Å². The van der Waals surface area contributed by atoms with Crippen LogP contribution in [0.4, 0.5) is 10.6 Å². The summed E-state index contributed by atoms with van der Waals surface area (Å²) < 4.78 is 4.77. The lowest BCUT2D eigenvalue weighted by Crippen LogP contribution is -2.61. The summed E-state index contributed by atoms with van der Waals surface area (Å²) >= 11 is 0. The lowest BCUT2D eigenvalue weighted by molar-refractivity contribution is -0.126. The van der Waals surface area contributed by atoms with Gasteiger partial charge in [-0.2, -0.15) is 0 Å². The van der Waals surface area contributed by atoms with Crippen molar-refractivity contribution in [3.63, 3.8) is 0 Å². The number of carbonyl (C=O) groups is 2. The molecule has 2 fully saturated rings. The molecule has 0 aromatic carbocycles. The van der Waals surface area contributed by atoms with Crippen molar-refractivity contribution in [2.45, 2.75) is 25.3 Å². The molecular formula is C14H17N3O3. The third-order valence-corrected chi connectivity index (χ3v) is 4.00. The number of aryl methyl sites for hydroxylation is 1. The van der Waals surface area contributed by atoms with Gasteiger partial charge < -0.3 is 4.74 Å². The summed E-state index contributed by atoms with van der Waals surface area (Å²) in [5.41, 5.74) is 0.355. The molecule has 1 aromatic rings. The summed E-state index contributed by atoms with van der Waals surface area (Å²) in [7, 11) is 1.34. The number of carbonyl (C=O) groups excluding carboxylic acids is 2. The van der Waals surface area contributed by atoms with Gasteiger partial charge in [0.2, 0.25) is 0 Å². The molecule has 106 valence electrons. The topological polar surface area (TPSA) is 62.7 Å². The van der Waals surface area contributed by atoms with Gasteiger partial charge in [-0.1, -0.05) is 6.07 Å². The molecule has 6 nitrogen and oxygen atoms in total. The Morgan fingerprint density at radius 2 is 2.10 bits per heavy atom. The minimum Gasteiger partial charge on any atom is -0.453 e. The number of ether oxygens (including phenoxy) is 1. The molecule has 1 aliphatic carbocycles. The van der Waals surface area contributed by atoms with Gasteiger partial charge in [-0.05, 0) is 31.4 Å². The largest absolute Gasteiger partial charge is 0.453 e. The van der Waals surface area contributed by atoms with Crippen LogP contribution in [0, 0.1) is 6.92 Å². The van der Waals surface area contributed by atoms with Crippen molar-refractivity contribution in [1.82, 2.24) is 9.88 Å². The quantitative estimate of drug-likeness (QED) is 0.776. The highest BCUT2D eigenvalue weighted by Crippen LogP contribution is 2.46. The summed E-state index contributed by atoms with van der Waals surface area (Å²) in [4.78, 5) is 32.0. The number of piperazine rings is 1. The Morgan fingerprint density at radius 1 is 1.35 bits per heavy atom. The van der Waals surface area contributed by atoms with Gasteiger partial charge in [0, 0.05) is 19.3 Å². The first-order chi connectivity index (χ1) is 9.58. The first-order valence-electron chi connectivity index (χ1n) is 6.69. The van der Waals surface area contributed by atoms with E-state index in [1.165, 1.54) is 7.11 Å². The number of anilines is 1. The molecule has 0 bridgehead atoms. The predicted octanol–water partition coefficient (Wildman–Crippen LogP) is 1.34. The van der Waals surface area contributed by atoms with Crippen LogP contribution < -0.4 is 4.90 Å². The van der Waals surface area contributed by atoms with E-state index >= 15 is 0 Å². The van der Waals surface area contributed by atoms with Crippen LogP contribution in [-0.4, -0.2) is 47.6 Å². The monoisotopic (exact) mass is 275 g/mol. The smallest absolute Gasteiger partial charge is 0.410 e. The standard InChI is InChI=1S/C14H17N3O3/c1-10-3-4-11(15-9-10)16-7-8-17(13(19)20-2)14(5-6-14)12(16)18/h3-4,9H,5-8H2,1-2H3. The third kappa shape index (κ3) is 1.83. The highest BCUT2D eigenvalue weighted by Gasteiger charge is 2.60. The Labute approximate surface area is 117 Å². The number of methoxy groups -OCH3 is 1. The van der Waals surface area contributed by atoms with Gasteiger partial charge in [-0.15, -0.1) is 0 Å². The lowest BCUT2D eigenvalue weighted by Gasteiger charge is -2.39. The predicted molar refractivity (Wildman–Crippen MR) is 72.4 cm³/mol. The molecule has 6 heteroatoms. The van der Waals surface area contributed by atoms with Crippen LogP contribution in [0.15, 0.2) is 18.3 Å². The van der Waals surface area contributed by atoms with Crippen molar-refractivity contribution in [2.24, 2.45) is 0 Å². The maximum absolute atomic E-state index is 12.7. The summed E-state index contributed by atoms with van der Waals surface area (Å²) in [6.07, 6.45) is 2.72. The van der Waals surface area contributed by atoms with E-state index in [1.807, 2.05) is 19.1 Å². The Bertz CT molecular complexity index is 551. The lowest BCUT2D eigenvalue weighted by atomic mass is 10.1. The zero-order chi connectivity index (χ0) is 14.3. The molecule has 2 aliphatic rings. The van der Waals surface area contributed by atoms with Crippen molar-refractivity contribution < 1.29 is 14.3 Å². The maximum Gasteiger partial charge on any atom is 0.410 e. The Balaban J connectivity index is 1.86. The number of pyridine rings is 1. The van der Waals surface area contributed by atoms with Crippen LogP contribution in [0.3, 0.4) is 0 Å². The summed E-state index contributed by atoms with van der Waals surface area (Å²) in [5.74, 6) is 0.599. The number of amides is 2. The summed E-state index contributed by atoms with van der Waals surface area (Å²) in [6, 6.07) is 3.78. The molecule has 0 N–H and O–H groups in total. The molecule has 1 spiro atoms. The molecule has 1 saturated carbocycles. The zero-order valence-electron chi connectivity index (χ0n) is 11.6. The van der Waals surface area contributed by atoms with Crippen LogP contribution in [-0.2, 0) is 9.53 Å². The van der Waals surface area contributed by atoms with Gasteiger partial charge >= 0.3 is 6.09 Å². The molecule has 2 amide bonds. The van der Waals surface area contributed by atoms with Crippen LogP contribution in [0.2, 0.25) is 0 Å². The molecule has 0 atom stereocenters. The number of aromatic nitrogens is 1. The first kappa shape index (κ1) is 12.9. The number of hydrogen-bond donors (Lipinski definition) is 0. The van der Waals surface area contributed by atoms with Crippen LogP contribution in [0.5, 0.6) is 0 Å². The number of hydrogen-bond acceptors (Lipinski definition) is 4. The average Bonchev–Trinajstić information content (AvgIpc) is 3.24. The van der Waals surface area contributed by atoms with Gasteiger partial charge in [0.15, 0.2) is 0 Å². The SMILES string of the molecule is COC(=O)N1CCN(c2ccc(C)cn2)C(=O)C12CC2. The van der Waals surface area contributed by atoms with E-state index in [2.05, 4.69) is 4.98 Å². The highest BCUT2D eigenvalue weighted by atomic mass is 16.5. The average molecular weight is 275 g/mol. The van der Waals surface area contributed by atoms with E-state index in [0.29, 0.717) is 31.7 Å². The van der Waals surface area contributed by atoms with Gasteiger partial charge in [0.05, 0.1) is 7.11 Å². The van der Waals surface area contributed by atoms with E-state index in [-0.39, 0.29) is 5.91 Å². The second kappa shape index (κ2) is 4.47. The second-order valence-electron chi connectivity index (χ2n) is 5.30. The fraction of sp³-hybridized carbons (Fsp3) is 0.500. The number of rotatable bonds is 1. The van der Waals surface area contributed by atoms with Crippen LogP contribution in [0.25, 0.3) is 0 Å². The van der Waals surface area contributed by atoms with Crippen molar-refractivity contribution >= 4 is 17.8 Å². The van der Waals surface area contributed by atoms with Crippen molar-refractivity contribution in [3.05, 3.63) is 23.9 Å². The fourth-order valence-corrected chi connectivity index (χ4v) is 2.70. The molecule has 1 saturated heterocycles. The molecule has 1 aliphatic heterocycles. The molecule has 0 radical (unpaired) electrons. The molecule has 3 rings (SSSR count). The van der Waals surface area contributed by atoms with E-state index < -0.39 is 11.6 Å². The van der Waals surface area contributed by atoms with Crippen molar-refractivity contribution in [1.29, 1.82) is 0 Å². The fourth-order valence-electron chi connectivity index (χ4n) is 2.70. The normalized spacial score (nSPS) is 20.2. The van der Waals surface area contributed by atoms with Crippen LogP contribution >= 0.6 is 0 Å². The summed E-state index contributed by atoms with van der Waals surface area (Å²) in [6.45, 7) is 2.88. The van der Waals surface area contributed by atoms with Gasteiger partial charge in [-0.25, -0.2) is 9.78 Å². The Morgan fingerprint density at radius 3 is 2.65 bits per heavy atom. The van der Waals surface area contributed by atoms with Gasteiger partial charge in [0.1, 0.15) is 11.4 Å². The van der Waals surface area contributed by atoms with E-state index in [9.17, 15) is 9.59 Å². The van der Waals surface area contributed by atoms with Gasteiger partial charge in [-0.3, -0.25) is 14.6 Å². The molecule has 1 aromatic heterocycles. The molecule has 0 unspecified atom stereocenters. The first-order valence-corrected chi connectivity index (χ1v) is 6.69. The zero-order valence-corrected chi connectivity index (χ0v) is 11.6. The van der Waals surface area contributed by atoms with Gasteiger partial charge in [0.25, 0.3) is 5.91 Å². The second-order valence-corrected chi connectivity index (χ2v) is 5.30. The van der Waals surface area contributed by atoms with Crippen molar-refractivity contribution in [3.8, 4) is 0 Å². The molecular weight excluding hydrogens is 258 g/mol. The van der Waals surface area contributed by atoms with E-state index in [1.54, 1.807) is 16.0 Å². The molecule has 2 heterocycles. The third-order valence-electron chi connectivity index (χ3n) is 4.00. The Kier molecular flexibility index (Phi) is 2.88. The maximum atomic E-state index is 12.7. The Hall–Kier alpha value is -2.11.